The number of primary amides is 1. The summed E-state index contributed by atoms with van der Waals surface area (Å²) in [5, 5.41) is 1.78. The summed E-state index contributed by atoms with van der Waals surface area (Å²) in [6.07, 6.45) is 0.0741. The Balaban J connectivity index is 2.31. The van der Waals surface area contributed by atoms with Gasteiger partial charge in [0.25, 0.3) is 5.91 Å². The van der Waals surface area contributed by atoms with Gasteiger partial charge in [-0.25, -0.2) is 4.79 Å². The van der Waals surface area contributed by atoms with E-state index in [1.807, 2.05) is 6.07 Å². The number of urea groups is 1. The maximum absolute atomic E-state index is 11.3. The molecule has 3 amide bonds. The van der Waals surface area contributed by atoms with Gasteiger partial charge in [-0.1, -0.05) is 30.3 Å². The number of carbonyl (C=O) groups is 3. The third-order valence-electron chi connectivity index (χ3n) is 1.82. The van der Waals surface area contributed by atoms with Crippen LogP contribution in [-0.4, -0.2) is 24.5 Å². The van der Waals surface area contributed by atoms with Crippen LogP contribution in [0.2, 0.25) is 0 Å². The lowest BCUT2D eigenvalue weighted by atomic mass is 10.2. The zero-order chi connectivity index (χ0) is 12.7. The van der Waals surface area contributed by atoms with Crippen LogP contribution in [-0.2, 0) is 20.7 Å². The number of carbonyl (C=O) groups excluding carboxylic acids is 3. The monoisotopic (exact) mass is 236 g/mol. The van der Waals surface area contributed by atoms with Crippen molar-refractivity contribution in [3.05, 3.63) is 35.9 Å². The summed E-state index contributed by atoms with van der Waals surface area (Å²) in [6.45, 7) is -0.519. The smallest absolute Gasteiger partial charge is 0.318 e. The molecular weight excluding hydrogens is 224 g/mol. The fourth-order valence-electron chi connectivity index (χ4n) is 1.13. The first-order valence-corrected chi connectivity index (χ1v) is 4.87. The Morgan fingerprint density at radius 2 is 1.82 bits per heavy atom. The largest absolute Gasteiger partial charge is 0.455 e. The first-order valence-electron chi connectivity index (χ1n) is 4.87. The van der Waals surface area contributed by atoms with Crippen molar-refractivity contribution in [2.24, 2.45) is 5.73 Å². The molecule has 0 saturated carbocycles. The van der Waals surface area contributed by atoms with Crippen molar-refractivity contribution >= 4 is 17.9 Å². The normalized spacial score (nSPS) is 9.41. The van der Waals surface area contributed by atoms with Gasteiger partial charge >= 0.3 is 12.0 Å². The van der Waals surface area contributed by atoms with Gasteiger partial charge in [-0.15, -0.1) is 0 Å². The van der Waals surface area contributed by atoms with Crippen molar-refractivity contribution < 1.29 is 19.1 Å². The molecule has 0 spiro atoms. The van der Waals surface area contributed by atoms with Crippen molar-refractivity contribution in [2.45, 2.75) is 6.42 Å². The Bertz CT molecular complexity index is 417. The first kappa shape index (κ1) is 12.7. The molecule has 6 nitrogen and oxygen atoms in total. The summed E-state index contributed by atoms with van der Waals surface area (Å²) in [5.74, 6) is -1.30. The maximum atomic E-state index is 11.3. The van der Waals surface area contributed by atoms with Gasteiger partial charge in [0, 0.05) is 0 Å². The predicted molar refractivity (Wildman–Crippen MR) is 58.8 cm³/mol. The summed E-state index contributed by atoms with van der Waals surface area (Å²) in [6, 6.07) is 7.98. The molecule has 0 atom stereocenters. The summed E-state index contributed by atoms with van der Waals surface area (Å²) in [5.41, 5.74) is 5.50. The van der Waals surface area contributed by atoms with E-state index in [1.165, 1.54) is 0 Å². The topological polar surface area (TPSA) is 98.5 Å². The summed E-state index contributed by atoms with van der Waals surface area (Å²) in [4.78, 5) is 32.5. The van der Waals surface area contributed by atoms with Crippen molar-refractivity contribution in [1.82, 2.24) is 5.32 Å². The van der Waals surface area contributed by atoms with Gasteiger partial charge in [-0.2, -0.15) is 0 Å². The minimum Gasteiger partial charge on any atom is -0.455 e. The molecule has 0 saturated heterocycles. The maximum Gasteiger partial charge on any atom is 0.318 e. The number of ether oxygens (including phenoxy) is 1. The second-order valence-electron chi connectivity index (χ2n) is 3.24. The third-order valence-corrected chi connectivity index (χ3v) is 1.82. The number of esters is 1. The van der Waals surface area contributed by atoms with E-state index in [0.717, 1.165) is 5.56 Å². The first-order chi connectivity index (χ1) is 8.08. The van der Waals surface area contributed by atoms with Crippen molar-refractivity contribution in [1.29, 1.82) is 0 Å². The van der Waals surface area contributed by atoms with E-state index in [0.29, 0.717) is 0 Å². The summed E-state index contributed by atoms with van der Waals surface area (Å²) in [7, 11) is 0. The van der Waals surface area contributed by atoms with Gasteiger partial charge in [0.2, 0.25) is 0 Å². The standard InChI is InChI=1S/C11H12N2O4/c12-11(16)13-9(14)7-17-10(15)6-8-4-2-1-3-5-8/h1-5H,6-7H2,(H3,12,13,14,16). The SMILES string of the molecule is NC(=O)NC(=O)COC(=O)Cc1ccccc1. The zero-order valence-electron chi connectivity index (χ0n) is 9.01. The molecule has 3 N–H and O–H groups in total. The van der Waals surface area contributed by atoms with Crippen LogP contribution in [0.5, 0.6) is 0 Å². The highest BCUT2D eigenvalue weighted by molar-refractivity contribution is 5.94. The van der Waals surface area contributed by atoms with Crippen LogP contribution >= 0.6 is 0 Å². The van der Waals surface area contributed by atoms with Gasteiger partial charge in [-0.05, 0) is 5.56 Å². The minimum atomic E-state index is -0.978. The Hall–Kier alpha value is -2.37. The van der Waals surface area contributed by atoms with Crippen LogP contribution in [0.15, 0.2) is 30.3 Å². The Labute approximate surface area is 97.7 Å². The molecule has 0 aliphatic rings. The molecule has 0 aromatic heterocycles. The number of nitrogens with one attached hydrogen (secondary N) is 1. The average Bonchev–Trinajstić information content (AvgIpc) is 2.27. The average molecular weight is 236 g/mol. The van der Waals surface area contributed by atoms with Crippen LogP contribution in [0.3, 0.4) is 0 Å². The van der Waals surface area contributed by atoms with Gasteiger partial charge < -0.3 is 10.5 Å². The highest BCUT2D eigenvalue weighted by Crippen LogP contribution is 2.00. The number of hydrogen-bond donors (Lipinski definition) is 2. The molecule has 0 fully saturated rings. The van der Waals surface area contributed by atoms with Crippen LogP contribution in [0.4, 0.5) is 4.79 Å². The minimum absolute atomic E-state index is 0.0741. The van der Waals surface area contributed by atoms with Gasteiger partial charge in [-0.3, -0.25) is 14.9 Å². The molecule has 1 aromatic carbocycles. The molecule has 0 bridgehead atoms. The highest BCUT2D eigenvalue weighted by Gasteiger charge is 2.09. The van der Waals surface area contributed by atoms with E-state index in [4.69, 9.17) is 5.73 Å². The fourth-order valence-corrected chi connectivity index (χ4v) is 1.13. The zero-order valence-corrected chi connectivity index (χ0v) is 9.01. The Kier molecular flexibility index (Phi) is 4.68. The second kappa shape index (κ2) is 6.26. The van der Waals surface area contributed by atoms with Crippen LogP contribution in [0.25, 0.3) is 0 Å². The van der Waals surface area contributed by atoms with E-state index < -0.39 is 24.5 Å². The lowest BCUT2D eigenvalue weighted by Gasteiger charge is -2.04. The van der Waals surface area contributed by atoms with E-state index >= 15 is 0 Å². The van der Waals surface area contributed by atoms with Crippen molar-refractivity contribution in [3.8, 4) is 0 Å². The van der Waals surface area contributed by atoms with Crippen molar-refractivity contribution in [3.63, 3.8) is 0 Å². The molecule has 17 heavy (non-hydrogen) atoms. The molecule has 1 rings (SSSR count). The highest BCUT2D eigenvalue weighted by atomic mass is 16.5. The lowest BCUT2D eigenvalue weighted by molar-refractivity contribution is -0.147. The number of rotatable bonds is 4. The molecule has 90 valence electrons. The number of amides is 3. The summed E-state index contributed by atoms with van der Waals surface area (Å²) >= 11 is 0. The van der Waals surface area contributed by atoms with E-state index in [9.17, 15) is 14.4 Å². The van der Waals surface area contributed by atoms with Crippen LogP contribution in [0, 0.1) is 0 Å². The number of nitrogens with two attached hydrogens (primary N) is 1. The molecule has 0 unspecified atom stereocenters. The van der Waals surface area contributed by atoms with E-state index in [2.05, 4.69) is 4.74 Å². The third kappa shape index (κ3) is 5.31. The molecule has 1 aromatic rings. The van der Waals surface area contributed by atoms with E-state index in [-0.39, 0.29) is 6.42 Å². The number of hydrogen-bond acceptors (Lipinski definition) is 4. The van der Waals surface area contributed by atoms with Crippen LogP contribution in [0.1, 0.15) is 5.56 Å². The quantitative estimate of drug-likeness (QED) is 0.717. The molecule has 0 heterocycles. The predicted octanol–water partition coefficient (Wildman–Crippen LogP) is -0.0328. The molecular formula is C11H12N2O4. The molecule has 6 heteroatoms. The van der Waals surface area contributed by atoms with E-state index in [1.54, 1.807) is 29.6 Å². The van der Waals surface area contributed by atoms with Gasteiger partial charge in [0.05, 0.1) is 6.42 Å². The van der Waals surface area contributed by atoms with Gasteiger partial charge in [0.15, 0.2) is 6.61 Å². The second-order valence-corrected chi connectivity index (χ2v) is 3.24. The van der Waals surface area contributed by atoms with Crippen molar-refractivity contribution in [2.75, 3.05) is 6.61 Å². The van der Waals surface area contributed by atoms with Crippen LogP contribution < -0.4 is 11.1 Å². The summed E-state index contributed by atoms with van der Waals surface area (Å²) < 4.78 is 4.65. The fraction of sp³-hybridized carbons (Fsp3) is 0.182. The molecule has 0 aliphatic heterocycles. The number of imide groups is 1. The Morgan fingerprint density at radius 3 is 2.41 bits per heavy atom. The lowest BCUT2D eigenvalue weighted by Crippen LogP contribution is -2.37. The molecule has 0 aliphatic carbocycles. The molecule has 0 radical (unpaired) electrons. The number of benzene rings is 1. The Morgan fingerprint density at radius 1 is 1.18 bits per heavy atom. The van der Waals surface area contributed by atoms with Gasteiger partial charge in [0.1, 0.15) is 0 Å².